The highest BCUT2D eigenvalue weighted by molar-refractivity contribution is 9.10. The van der Waals surface area contributed by atoms with Gasteiger partial charge in [-0.05, 0) is 59.3 Å². The third-order valence-corrected chi connectivity index (χ3v) is 8.71. The molecule has 0 bridgehead atoms. The number of aliphatic hydroxyl groups excluding tert-OH is 1. The van der Waals surface area contributed by atoms with Crippen molar-refractivity contribution < 1.29 is 19.4 Å². The molecule has 0 aromatic carbocycles. The molecule has 2 amide bonds. The van der Waals surface area contributed by atoms with Crippen LogP contribution in [0.25, 0.3) is 0 Å². The van der Waals surface area contributed by atoms with Gasteiger partial charge in [0.1, 0.15) is 18.3 Å². The van der Waals surface area contributed by atoms with Gasteiger partial charge in [0.05, 0.1) is 30.1 Å². The molecule has 0 radical (unpaired) electrons. The maximum Gasteiger partial charge on any atom is 0.262 e. The molecule has 10 heteroatoms. The number of nitrogens with one attached hydrogen (secondary N) is 2. The van der Waals surface area contributed by atoms with Crippen LogP contribution in [0.4, 0.5) is 5.69 Å². The molecule has 2 aliphatic carbocycles. The molecule has 1 aliphatic heterocycles. The van der Waals surface area contributed by atoms with E-state index in [4.69, 9.17) is 4.74 Å². The molecule has 0 saturated heterocycles. The van der Waals surface area contributed by atoms with Gasteiger partial charge < -0.3 is 25.4 Å². The van der Waals surface area contributed by atoms with Crippen LogP contribution < -0.4 is 20.3 Å². The Labute approximate surface area is 217 Å². The molecule has 2 aromatic rings. The SMILES string of the molecule is O=C(N[C@@H](CC1CCCC1)C(=O)N[C@H]1CC[C@@H]1O)c1ccc(CN2CCOc3ncc(Br)cc32)s1. The molecule has 188 valence electrons. The molecular weight excluding hydrogens is 532 g/mol. The van der Waals surface area contributed by atoms with E-state index < -0.39 is 12.1 Å². The molecule has 3 N–H and O–H groups in total. The monoisotopic (exact) mass is 562 g/mol. The number of anilines is 1. The van der Waals surface area contributed by atoms with Crippen molar-refractivity contribution in [2.24, 2.45) is 5.92 Å². The molecule has 8 nitrogen and oxygen atoms in total. The zero-order valence-electron chi connectivity index (χ0n) is 19.5. The van der Waals surface area contributed by atoms with Gasteiger partial charge in [-0.1, -0.05) is 25.7 Å². The third kappa shape index (κ3) is 5.81. The average molecular weight is 564 g/mol. The van der Waals surface area contributed by atoms with E-state index in [9.17, 15) is 14.7 Å². The third-order valence-electron chi connectivity index (χ3n) is 7.20. The molecule has 35 heavy (non-hydrogen) atoms. The van der Waals surface area contributed by atoms with Gasteiger partial charge >= 0.3 is 0 Å². The standard InChI is InChI=1S/C25H31BrN4O4S/c26-16-12-20-25(27-13-16)34-10-9-30(20)14-17-5-8-22(35-17)24(33)29-19(11-15-3-1-2-4-15)23(32)28-18-6-7-21(18)31/h5,8,12-13,15,18-19,21,31H,1-4,6-7,9-11,14H2,(H,28,32)(H,29,33)/t18-,19-,21-/m0/s1. The number of hydrogen-bond acceptors (Lipinski definition) is 7. The topological polar surface area (TPSA) is 104 Å². The number of carbonyl (C=O) groups is 2. The van der Waals surface area contributed by atoms with Gasteiger partial charge in [0.2, 0.25) is 11.8 Å². The fraction of sp³-hybridized carbons (Fsp3) is 0.560. The van der Waals surface area contributed by atoms with E-state index in [0.717, 1.165) is 40.8 Å². The lowest BCUT2D eigenvalue weighted by atomic mass is 9.88. The second-order valence-corrected chi connectivity index (χ2v) is 11.8. The normalized spacial score (nSPS) is 22.6. The number of fused-ring (bicyclic) bond motifs is 1. The van der Waals surface area contributed by atoms with Crippen LogP contribution >= 0.6 is 27.3 Å². The smallest absolute Gasteiger partial charge is 0.262 e. The van der Waals surface area contributed by atoms with E-state index in [1.807, 2.05) is 18.2 Å². The average Bonchev–Trinajstić information content (AvgIpc) is 3.54. The summed E-state index contributed by atoms with van der Waals surface area (Å²) in [6, 6.07) is 5.00. The summed E-state index contributed by atoms with van der Waals surface area (Å²) in [6.07, 6.45) is 7.93. The maximum absolute atomic E-state index is 13.1. The van der Waals surface area contributed by atoms with Gasteiger partial charge in [0.25, 0.3) is 5.91 Å². The number of pyridine rings is 1. The Hall–Kier alpha value is -2.17. The molecule has 0 unspecified atom stereocenters. The molecule has 2 aromatic heterocycles. The van der Waals surface area contributed by atoms with E-state index in [-0.39, 0.29) is 17.9 Å². The number of hydrogen-bond donors (Lipinski definition) is 3. The van der Waals surface area contributed by atoms with Crippen molar-refractivity contribution in [3.05, 3.63) is 38.6 Å². The lowest BCUT2D eigenvalue weighted by molar-refractivity contribution is -0.126. The van der Waals surface area contributed by atoms with Gasteiger partial charge in [-0.3, -0.25) is 9.59 Å². The number of halogens is 1. The summed E-state index contributed by atoms with van der Waals surface area (Å²) in [7, 11) is 0. The minimum atomic E-state index is -0.585. The first-order valence-electron chi connectivity index (χ1n) is 12.4. The van der Waals surface area contributed by atoms with E-state index in [1.54, 1.807) is 6.20 Å². The molecule has 0 spiro atoms. The van der Waals surface area contributed by atoms with Gasteiger partial charge in [-0.25, -0.2) is 4.98 Å². The molecule has 2 saturated carbocycles. The summed E-state index contributed by atoms with van der Waals surface area (Å²) >= 11 is 4.92. The zero-order valence-corrected chi connectivity index (χ0v) is 21.9. The first-order chi connectivity index (χ1) is 17.0. The van der Waals surface area contributed by atoms with Crippen LogP contribution in [0.1, 0.15) is 59.5 Å². The summed E-state index contributed by atoms with van der Waals surface area (Å²) in [5.41, 5.74) is 0.927. The minimum Gasteiger partial charge on any atom is -0.474 e. The van der Waals surface area contributed by atoms with Gasteiger partial charge in [-0.2, -0.15) is 0 Å². The second-order valence-electron chi connectivity index (χ2n) is 9.69. The predicted octanol–water partition coefficient (Wildman–Crippen LogP) is 3.62. The molecule has 3 heterocycles. The van der Waals surface area contributed by atoms with Crippen molar-refractivity contribution in [2.75, 3.05) is 18.1 Å². The molecule has 3 aliphatic rings. The lowest BCUT2D eigenvalue weighted by Gasteiger charge is -2.34. The second kappa shape index (κ2) is 10.8. The van der Waals surface area contributed by atoms with Crippen molar-refractivity contribution in [1.82, 2.24) is 15.6 Å². The number of rotatable bonds is 8. The van der Waals surface area contributed by atoms with Gasteiger partial charge in [0.15, 0.2) is 0 Å². The highest BCUT2D eigenvalue weighted by Gasteiger charge is 2.34. The fourth-order valence-electron chi connectivity index (χ4n) is 5.04. The number of aromatic nitrogens is 1. The fourth-order valence-corrected chi connectivity index (χ4v) is 6.28. The van der Waals surface area contributed by atoms with Crippen molar-refractivity contribution in [3.8, 4) is 5.88 Å². The van der Waals surface area contributed by atoms with E-state index in [0.29, 0.717) is 42.7 Å². The van der Waals surface area contributed by atoms with Gasteiger partial charge in [-0.15, -0.1) is 11.3 Å². The van der Waals surface area contributed by atoms with Crippen LogP contribution in [0.5, 0.6) is 5.88 Å². The van der Waals surface area contributed by atoms with Crippen molar-refractivity contribution in [1.29, 1.82) is 0 Å². The highest BCUT2D eigenvalue weighted by atomic mass is 79.9. The number of nitrogens with zero attached hydrogens (tertiary/aromatic N) is 2. The van der Waals surface area contributed by atoms with Crippen molar-refractivity contribution in [3.63, 3.8) is 0 Å². The minimum absolute atomic E-state index is 0.186. The number of thiophene rings is 1. The Morgan fingerprint density at radius 1 is 1.26 bits per heavy atom. The zero-order chi connectivity index (χ0) is 24.4. The van der Waals surface area contributed by atoms with Crippen molar-refractivity contribution in [2.45, 2.75) is 69.7 Å². The summed E-state index contributed by atoms with van der Waals surface area (Å²) in [6.45, 7) is 1.95. The van der Waals surface area contributed by atoms with Crippen LogP contribution in [-0.2, 0) is 11.3 Å². The number of ether oxygens (including phenoxy) is 1. The summed E-state index contributed by atoms with van der Waals surface area (Å²) in [5, 5.41) is 15.8. The van der Waals surface area contributed by atoms with Gasteiger partial charge in [0, 0.05) is 15.5 Å². The largest absolute Gasteiger partial charge is 0.474 e. The van der Waals surface area contributed by atoms with Crippen molar-refractivity contribution >= 4 is 44.8 Å². The first kappa shape index (κ1) is 24.5. The Kier molecular flexibility index (Phi) is 7.59. The number of aliphatic hydroxyl groups is 1. The molecule has 2 fully saturated rings. The highest BCUT2D eigenvalue weighted by Crippen LogP contribution is 2.34. The summed E-state index contributed by atoms with van der Waals surface area (Å²) in [4.78, 5) is 34.3. The molecule has 5 rings (SSSR count). The van der Waals surface area contributed by atoms with E-state index in [1.165, 1.54) is 24.2 Å². The van der Waals surface area contributed by atoms with E-state index >= 15 is 0 Å². The first-order valence-corrected chi connectivity index (χ1v) is 14.0. The van der Waals surface area contributed by atoms with Crippen LogP contribution in [0.3, 0.4) is 0 Å². The molecular formula is C25H31BrN4O4S. The predicted molar refractivity (Wildman–Crippen MR) is 138 cm³/mol. The Morgan fingerprint density at radius 2 is 2.09 bits per heavy atom. The van der Waals surface area contributed by atoms with Crippen LogP contribution in [0.15, 0.2) is 28.9 Å². The van der Waals surface area contributed by atoms with E-state index in [2.05, 4.69) is 36.4 Å². The Balaban J connectivity index is 1.24. The quantitative estimate of drug-likeness (QED) is 0.454. The number of carbonyl (C=O) groups excluding carboxylic acids is 2. The summed E-state index contributed by atoms with van der Waals surface area (Å²) in [5.74, 6) is 0.658. The summed E-state index contributed by atoms with van der Waals surface area (Å²) < 4.78 is 6.56. The maximum atomic E-state index is 13.1. The molecule has 3 atom stereocenters. The Morgan fingerprint density at radius 3 is 2.83 bits per heavy atom. The Bertz CT molecular complexity index is 1070. The van der Waals surface area contributed by atoms with Crippen LogP contribution in [0.2, 0.25) is 0 Å². The van der Waals surface area contributed by atoms with Crippen LogP contribution in [0, 0.1) is 5.92 Å². The van der Waals surface area contributed by atoms with Crippen LogP contribution in [-0.4, -0.2) is 53.2 Å². The lowest BCUT2D eigenvalue weighted by Crippen LogP contribution is -2.56. The number of amides is 2.